The number of hydrogen-bond acceptors (Lipinski definition) is 4. The van der Waals surface area contributed by atoms with Gasteiger partial charge in [-0.2, -0.15) is 0 Å². The number of nitrogen functional groups attached to an aromatic ring is 1. The molecule has 0 fully saturated rings. The summed E-state index contributed by atoms with van der Waals surface area (Å²) in [6.45, 7) is 4.69. The molecule has 0 saturated carbocycles. The zero-order valence-corrected chi connectivity index (χ0v) is 11.4. The lowest BCUT2D eigenvalue weighted by molar-refractivity contribution is -0.128. The molecule has 0 aliphatic heterocycles. The molecular weight excluding hydrogens is 265 g/mol. The summed E-state index contributed by atoms with van der Waals surface area (Å²) in [7, 11) is 0. The molecule has 7 heteroatoms. The molecule has 0 saturated heterocycles. The number of aromatic carboxylic acids is 1. The third-order valence-corrected chi connectivity index (χ3v) is 2.92. The lowest BCUT2D eigenvalue weighted by Gasteiger charge is -2.19. The maximum Gasteiger partial charge on any atom is 0.337 e. The van der Waals surface area contributed by atoms with Crippen molar-refractivity contribution in [3.63, 3.8) is 0 Å². The van der Waals surface area contributed by atoms with Crippen LogP contribution in [-0.2, 0) is 4.79 Å². The van der Waals surface area contributed by atoms with Gasteiger partial charge in [-0.15, -0.1) is 0 Å². The molecule has 0 aromatic heterocycles. The van der Waals surface area contributed by atoms with Crippen LogP contribution in [-0.4, -0.2) is 41.5 Å². The Morgan fingerprint density at radius 3 is 2.45 bits per heavy atom. The monoisotopic (exact) mass is 283 g/mol. The number of halogens is 1. The molecule has 0 radical (unpaired) electrons. The molecule has 0 heterocycles. The van der Waals surface area contributed by atoms with Crippen molar-refractivity contribution in [2.75, 3.05) is 30.7 Å². The number of carboxylic acid groups (broad SMARTS) is 1. The van der Waals surface area contributed by atoms with Gasteiger partial charge in [0.25, 0.3) is 0 Å². The van der Waals surface area contributed by atoms with Gasteiger partial charge in [0, 0.05) is 18.8 Å². The number of carbonyl (C=O) groups is 2. The molecule has 1 amide bonds. The third-order valence-electron chi connectivity index (χ3n) is 2.92. The molecule has 6 nitrogen and oxygen atoms in total. The van der Waals surface area contributed by atoms with E-state index in [0.717, 1.165) is 12.1 Å². The smallest absolute Gasteiger partial charge is 0.337 e. The van der Waals surface area contributed by atoms with Gasteiger partial charge in [0.2, 0.25) is 5.91 Å². The van der Waals surface area contributed by atoms with Crippen LogP contribution in [0.1, 0.15) is 24.2 Å². The predicted molar refractivity (Wildman–Crippen MR) is 74.2 cm³/mol. The van der Waals surface area contributed by atoms with Crippen LogP contribution < -0.4 is 11.1 Å². The van der Waals surface area contributed by atoms with Crippen LogP contribution in [0.2, 0.25) is 0 Å². The fraction of sp³-hybridized carbons (Fsp3) is 0.385. The molecule has 1 aromatic carbocycles. The lowest BCUT2D eigenvalue weighted by atomic mass is 10.1. The Hall–Kier alpha value is -2.31. The summed E-state index contributed by atoms with van der Waals surface area (Å²) >= 11 is 0. The van der Waals surface area contributed by atoms with Gasteiger partial charge in [0.05, 0.1) is 17.8 Å². The van der Waals surface area contributed by atoms with E-state index in [0.29, 0.717) is 13.1 Å². The second-order valence-corrected chi connectivity index (χ2v) is 4.14. The SMILES string of the molecule is CCN(CC)C(=O)CNc1cc(C(=O)O)c(N)cc1F. The number of nitrogens with zero attached hydrogens (tertiary/aromatic N) is 1. The average Bonchev–Trinajstić information content (AvgIpc) is 2.38. The van der Waals surface area contributed by atoms with E-state index in [1.54, 1.807) is 4.90 Å². The van der Waals surface area contributed by atoms with E-state index in [9.17, 15) is 14.0 Å². The molecule has 4 N–H and O–H groups in total. The second-order valence-electron chi connectivity index (χ2n) is 4.14. The predicted octanol–water partition coefficient (Wildman–Crippen LogP) is 1.39. The van der Waals surface area contributed by atoms with Crippen molar-refractivity contribution in [2.24, 2.45) is 0 Å². The Morgan fingerprint density at radius 1 is 1.35 bits per heavy atom. The molecule has 1 rings (SSSR count). The van der Waals surface area contributed by atoms with Gasteiger partial charge in [-0.05, 0) is 26.0 Å². The normalized spacial score (nSPS) is 10.2. The highest BCUT2D eigenvalue weighted by Gasteiger charge is 2.15. The van der Waals surface area contributed by atoms with E-state index < -0.39 is 11.8 Å². The van der Waals surface area contributed by atoms with E-state index in [-0.39, 0.29) is 29.4 Å². The van der Waals surface area contributed by atoms with Gasteiger partial charge >= 0.3 is 5.97 Å². The largest absolute Gasteiger partial charge is 0.478 e. The van der Waals surface area contributed by atoms with Gasteiger partial charge in [0.1, 0.15) is 5.82 Å². The highest BCUT2D eigenvalue weighted by Crippen LogP contribution is 2.22. The number of nitrogens with two attached hydrogens (primary N) is 1. The first-order valence-corrected chi connectivity index (χ1v) is 6.24. The van der Waals surface area contributed by atoms with E-state index in [1.165, 1.54) is 0 Å². The van der Waals surface area contributed by atoms with Crippen LogP contribution in [0.5, 0.6) is 0 Å². The topological polar surface area (TPSA) is 95.7 Å². The maximum atomic E-state index is 13.6. The Labute approximate surface area is 116 Å². The number of hydrogen-bond donors (Lipinski definition) is 3. The van der Waals surface area contributed by atoms with Crippen molar-refractivity contribution in [3.8, 4) is 0 Å². The molecule has 0 aliphatic rings. The number of benzene rings is 1. The molecule has 0 aliphatic carbocycles. The van der Waals surface area contributed by atoms with Gasteiger partial charge in [-0.1, -0.05) is 0 Å². The van der Waals surface area contributed by atoms with Crippen LogP contribution in [0.25, 0.3) is 0 Å². The summed E-state index contributed by atoms with van der Waals surface area (Å²) in [5.74, 6) is -2.14. The van der Waals surface area contributed by atoms with Crippen LogP contribution in [0.4, 0.5) is 15.8 Å². The quantitative estimate of drug-likeness (QED) is 0.686. The van der Waals surface area contributed by atoms with Gasteiger partial charge in [0.15, 0.2) is 0 Å². The Morgan fingerprint density at radius 2 is 1.95 bits per heavy atom. The van der Waals surface area contributed by atoms with Crippen molar-refractivity contribution in [1.82, 2.24) is 4.90 Å². The first-order valence-electron chi connectivity index (χ1n) is 6.24. The van der Waals surface area contributed by atoms with E-state index >= 15 is 0 Å². The molecule has 0 unspecified atom stereocenters. The third kappa shape index (κ3) is 3.59. The van der Waals surface area contributed by atoms with Gasteiger partial charge < -0.3 is 21.1 Å². The molecule has 1 aromatic rings. The summed E-state index contributed by atoms with van der Waals surface area (Å²) < 4.78 is 13.6. The minimum absolute atomic E-state index is 0.0582. The summed E-state index contributed by atoms with van der Waals surface area (Å²) in [6, 6.07) is 2.01. The highest BCUT2D eigenvalue weighted by molar-refractivity contribution is 5.95. The van der Waals surface area contributed by atoms with Crippen molar-refractivity contribution in [1.29, 1.82) is 0 Å². The second kappa shape index (κ2) is 6.74. The van der Waals surface area contributed by atoms with Crippen molar-refractivity contribution in [2.45, 2.75) is 13.8 Å². The molecule has 20 heavy (non-hydrogen) atoms. The Bertz CT molecular complexity index is 516. The highest BCUT2D eigenvalue weighted by atomic mass is 19.1. The van der Waals surface area contributed by atoms with Crippen LogP contribution >= 0.6 is 0 Å². The number of rotatable bonds is 6. The number of likely N-dealkylation sites (N-methyl/N-ethyl adjacent to an activating group) is 1. The van der Waals surface area contributed by atoms with E-state index in [1.807, 2.05) is 13.8 Å². The number of amides is 1. The Kier molecular flexibility index (Phi) is 5.31. The van der Waals surface area contributed by atoms with Crippen LogP contribution in [0.15, 0.2) is 12.1 Å². The minimum atomic E-state index is -1.25. The fourth-order valence-corrected chi connectivity index (χ4v) is 1.77. The van der Waals surface area contributed by atoms with E-state index in [2.05, 4.69) is 5.32 Å². The van der Waals surface area contributed by atoms with E-state index in [4.69, 9.17) is 10.8 Å². The number of anilines is 2. The van der Waals surface area contributed by atoms with Crippen molar-refractivity contribution < 1.29 is 19.1 Å². The Balaban J connectivity index is 2.85. The van der Waals surface area contributed by atoms with Gasteiger partial charge in [-0.3, -0.25) is 4.79 Å². The number of carbonyl (C=O) groups excluding carboxylic acids is 1. The molecule has 0 bridgehead atoms. The molecular formula is C13H18FN3O3. The summed E-state index contributed by atoms with van der Waals surface area (Å²) in [4.78, 5) is 24.3. The molecule has 110 valence electrons. The van der Waals surface area contributed by atoms with Crippen molar-refractivity contribution in [3.05, 3.63) is 23.5 Å². The summed E-state index contributed by atoms with van der Waals surface area (Å²) in [5.41, 5.74) is 5.00. The van der Waals surface area contributed by atoms with Crippen molar-refractivity contribution >= 4 is 23.3 Å². The first-order chi connectivity index (χ1) is 9.40. The summed E-state index contributed by atoms with van der Waals surface area (Å²) in [5, 5.41) is 11.5. The lowest BCUT2D eigenvalue weighted by Crippen LogP contribution is -2.35. The molecule has 0 atom stereocenters. The standard InChI is InChI=1S/C13H18FN3O3/c1-3-17(4-2)12(18)7-16-11-5-8(13(19)20)10(15)6-9(11)14/h5-6,16H,3-4,7,15H2,1-2H3,(H,19,20). The average molecular weight is 283 g/mol. The zero-order chi connectivity index (χ0) is 15.3. The van der Waals surface area contributed by atoms with Crippen LogP contribution in [0, 0.1) is 5.82 Å². The van der Waals surface area contributed by atoms with Gasteiger partial charge in [-0.25, -0.2) is 9.18 Å². The maximum absolute atomic E-state index is 13.6. The van der Waals surface area contributed by atoms with Crippen LogP contribution in [0.3, 0.4) is 0 Å². The zero-order valence-electron chi connectivity index (χ0n) is 11.4. The minimum Gasteiger partial charge on any atom is -0.478 e. The fourth-order valence-electron chi connectivity index (χ4n) is 1.77. The first kappa shape index (κ1) is 15.7. The molecule has 0 spiro atoms. The number of carboxylic acids is 1. The summed E-state index contributed by atoms with van der Waals surface area (Å²) in [6.07, 6.45) is 0. The number of nitrogens with one attached hydrogen (secondary N) is 1.